The quantitative estimate of drug-likeness (QED) is 0.482. The van der Waals surface area contributed by atoms with Crippen molar-refractivity contribution in [2.45, 2.75) is 33.6 Å². The molecule has 0 bridgehead atoms. The molecule has 0 saturated heterocycles. The van der Waals surface area contributed by atoms with Crippen molar-refractivity contribution in [3.05, 3.63) is 53.1 Å². The SMILES string of the molecule is CCCC(=O)Nc1ccc(Cl)c(NC(=S)NC(=O)c2ccccc2OCC(C)C)c1. The minimum atomic E-state index is -0.393. The number of amides is 2. The van der Waals surface area contributed by atoms with Gasteiger partial charge in [-0.1, -0.05) is 44.5 Å². The Balaban J connectivity index is 2.05. The highest BCUT2D eigenvalue weighted by Crippen LogP contribution is 2.26. The average molecular weight is 448 g/mol. The van der Waals surface area contributed by atoms with Gasteiger partial charge in [-0.3, -0.25) is 14.9 Å². The third-order valence-electron chi connectivity index (χ3n) is 3.91. The van der Waals surface area contributed by atoms with Crippen LogP contribution in [-0.4, -0.2) is 23.5 Å². The van der Waals surface area contributed by atoms with E-state index in [4.69, 9.17) is 28.6 Å². The van der Waals surface area contributed by atoms with Crippen LogP contribution in [0.3, 0.4) is 0 Å². The predicted molar refractivity (Wildman–Crippen MR) is 125 cm³/mol. The van der Waals surface area contributed by atoms with Gasteiger partial charge in [0.25, 0.3) is 5.91 Å². The van der Waals surface area contributed by atoms with E-state index in [1.165, 1.54) is 0 Å². The van der Waals surface area contributed by atoms with Gasteiger partial charge in [-0.25, -0.2) is 0 Å². The normalized spacial score (nSPS) is 10.4. The zero-order valence-corrected chi connectivity index (χ0v) is 18.8. The number of halogens is 1. The second kappa shape index (κ2) is 11.5. The number of benzene rings is 2. The van der Waals surface area contributed by atoms with Gasteiger partial charge in [0.2, 0.25) is 5.91 Å². The van der Waals surface area contributed by atoms with E-state index in [1.54, 1.807) is 42.5 Å². The van der Waals surface area contributed by atoms with Crippen molar-refractivity contribution < 1.29 is 14.3 Å². The number of hydrogen-bond acceptors (Lipinski definition) is 4. The molecular formula is C22H26ClN3O3S. The van der Waals surface area contributed by atoms with Crippen molar-refractivity contribution in [1.82, 2.24) is 5.32 Å². The molecular weight excluding hydrogens is 422 g/mol. The largest absolute Gasteiger partial charge is 0.492 e. The smallest absolute Gasteiger partial charge is 0.261 e. The van der Waals surface area contributed by atoms with Crippen LogP contribution in [0, 0.1) is 5.92 Å². The van der Waals surface area contributed by atoms with E-state index in [-0.39, 0.29) is 11.0 Å². The zero-order valence-electron chi connectivity index (χ0n) is 17.3. The van der Waals surface area contributed by atoms with Crippen molar-refractivity contribution >= 4 is 52.1 Å². The fraction of sp³-hybridized carbons (Fsp3) is 0.318. The number of ether oxygens (including phenoxy) is 1. The molecule has 8 heteroatoms. The molecule has 0 spiro atoms. The van der Waals surface area contributed by atoms with E-state index in [9.17, 15) is 9.59 Å². The second-order valence-corrected chi connectivity index (χ2v) is 7.92. The molecule has 2 rings (SSSR count). The van der Waals surface area contributed by atoms with Crippen molar-refractivity contribution in [2.24, 2.45) is 5.92 Å². The monoisotopic (exact) mass is 447 g/mol. The molecule has 0 atom stereocenters. The van der Waals surface area contributed by atoms with Gasteiger partial charge in [0.15, 0.2) is 5.11 Å². The number of carbonyl (C=O) groups excluding carboxylic acids is 2. The maximum Gasteiger partial charge on any atom is 0.261 e. The number of nitrogens with one attached hydrogen (secondary N) is 3. The molecule has 160 valence electrons. The lowest BCUT2D eigenvalue weighted by atomic mass is 10.2. The molecule has 0 aliphatic carbocycles. The molecule has 0 radical (unpaired) electrons. The molecule has 0 saturated carbocycles. The molecule has 30 heavy (non-hydrogen) atoms. The summed E-state index contributed by atoms with van der Waals surface area (Å²) in [5.41, 5.74) is 1.44. The Labute approximate surface area is 187 Å². The topological polar surface area (TPSA) is 79.5 Å². The van der Waals surface area contributed by atoms with E-state index in [0.29, 0.717) is 46.7 Å². The Kier molecular flexibility index (Phi) is 9.08. The van der Waals surface area contributed by atoms with E-state index < -0.39 is 5.91 Å². The molecule has 0 aromatic heterocycles. The summed E-state index contributed by atoms with van der Waals surface area (Å²) in [7, 11) is 0. The molecule has 2 aromatic carbocycles. The fourth-order valence-corrected chi connectivity index (χ4v) is 2.88. The Morgan fingerprint density at radius 1 is 1.13 bits per heavy atom. The van der Waals surface area contributed by atoms with Gasteiger partial charge < -0.3 is 15.4 Å². The molecule has 0 fully saturated rings. The summed E-state index contributed by atoms with van der Waals surface area (Å²) in [5, 5.41) is 8.82. The fourth-order valence-electron chi connectivity index (χ4n) is 2.51. The molecule has 0 aliphatic rings. The first-order valence-corrected chi connectivity index (χ1v) is 10.5. The molecule has 2 aromatic rings. The number of carbonyl (C=O) groups is 2. The van der Waals surface area contributed by atoms with Gasteiger partial charge in [-0.15, -0.1) is 0 Å². The summed E-state index contributed by atoms with van der Waals surface area (Å²) < 4.78 is 5.73. The van der Waals surface area contributed by atoms with Gasteiger partial charge in [0, 0.05) is 12.1 Å². The van der Waals surface area contributed by atoms with Crippen LogP contribution in [0.25, 0.3) is 0 Å². The van der Waals surface area contributed by atoms with Crippen LogP contribution in [0.4, 0.5) is 11.4 Å². The van der Waals surface area contributed by atoms with Crippen molar-refractivity contribution in [3.63, 3.8) is 0 Å². The standard InChI is InChI=1S/C22H26ClN3O3S/c1-4-7-20(27)24-15-10-11-17(23)18(12-15)25-22(30)26-21(28)16-8-5-6-9-19(16)29-13-14(2)3/h5-6,8-12,14H,4,7,13H2,1-3H3,(H,24,27)(H2,25,26,28,30). The Morgan fingerprint density at radius 2 is 1.87 bits per heavy atom. The highest BCUT2D eigenvalue weighted by Gasteiger charge is 2.15. The summed E-state index contributed by atoms with van der Waals surface area (Å²) in [4.78, 5) is 24.5. The second-order valence-electron chi connectivity index (χ2n) is 7.10. The third kappa shape index (κ3) is 7.31. The highest BCUT2D eigenvalue weighted by molar-refractivity contribution is 7.80. The van der Waals surface area contributed by atoms with Crippen LogP contribution >= 0.6 is 23.8 Å². The molecule has 3 N–H and O–H groups in total. The third-order valence-corrected chi connectivity index (χ3v) is 4.44. The van der Waals surface area contributed by atoms with Crippen LogP contribution in [0.5, 0.6) is 5.75 Å². The number of thiocarbonyl (C=S) groups is 1. The van der Waals surface area contributed by atoms with Crippen LogP contribution in [0.1, 0.15) is 44.0 Å². The average Bonchev–Trinajstić information content (AvgIpc) is 2.69. The first-order valence-electron chi connectivity index (χ1n) is 9.73. The summed E-state index contributed by atoms with van der Waals surface area (Å²) in [5.74, 6) is 0.344. The Morgan fingerprint density at radius 3 is 2.57 bits per heavy atom. The lowest BCUT2D eigenvalue weighted by Gasteiger charge is -2.15. The summed E-state index contributed by atoms with van der Waals surface area (Å²) in [6.45, 7) is 6.50. The van der Waals surface area contributed by atoms with Gasteiger partial charge >= 0.3 is 0 Å². The first-order chi connectivity index (χ1) is 14.3. The summed E-state index contributed by atoms with van der Waals surface area (Å²) in [6, 6.07) is 12.0. The van der Waals surface area contributed by atoms with Gasteiger partial charge in [0.05, 0.1) is 22.9 Å². The lowest BCUT2D eigenvalue weighted by molar-refractivity contribution is -0.116. The highest BCUT2D eigenvalue weighted by atomic mass is 35.5. The van der Waals surface area contributed by atoms with Gasteiger partial charge in [-0.2, -0.15) is 0 Å². The summed E-state index contributed by atoms with van der Waals surface area (Å²) >= 11 is 11.5. The number of anilines is 2. The minimum absolute atomic E-state index is 0.0811. The van der Waals surface area contributed by atoms with Crippen molar-refractivity contribution in [3.8, 4) is 5.75 Å². The molecule has 0 aliphatic heterocycles. The van der Waals surface area contributed by atoms with Crippen molar-refractivity contribution in [2.75, 3.05) is 17.2 Å². The predicted octanol–water partition coefficient (Wildman–Crippen LogP) is 5.24. The van der Waals surface area contributed by atoms with Crippen LogP contribution < -0.4 is 20.7 Å². The van der Waals surface area contributed by atoms with Gasteiger partial charge in [0.1, 0.15) is 5.75 Å². The zero-order chi connectivity index (χ0) is 22.1. The number of para-hydroxylation sites is 1. The van der Waals surface area contributed by atoms with Crippen LogP contribution in [0.2, 0.25) is 5.02 Å². The lowest BCUT2D eigenvalue weighted by Crippen LogP contribution is -2.34. The van der Waals surface area contributed by atoms with Crippen molar-refractivity contribution in [1.29, 1.82) is 0 Å². The van der Waals surface area contributed by atoms with Crippen LogP contribution in [0.15, 0.2) is 42.5 Å². The Bertz CT molecular complexity index is 918. The molecule has 2 amide bonds. The first kappa shape index (κ1) is 23.6. The molecule has 6 nitrogen and oxygen atoms in total. The van der Waals surface area contributed by atoms with E-state index in [0.717, 1.165) is 6.42 Å². The maximum absolute atomic E-state index is 12.7. The number of hydrogen-bond donors (Lipinski definition) is 3. The minimum Gasteiger partial charge on any atom is -0.492 e. The van der Waals surface area contributed by atoms with Gasteiger partial charge in [-0.05, 0) is 54.9 Å². The number of rotatable bonds is 8. The van der Waals surface area contributed by atoms with E-state index in [1.807, 2.05) is 20.8 Å². The van der Waals surface area contributed by atoms with E-state index >= 15 is 0 Å². The molecule has 0 heterocycles. The van der Waals surface area contributed by atoms with Crippen LogP contribution in [-0.2, 0) is 4.79 Å². The molecule has 0 unspecified atom stereocenters. The summed E-state index contributed by atoms with van der Waals surface area (Å²) in [6.07, 6.45) is 1.18. The maximum atomic E-state index is 12.7. The Hall–Kier alpha value is -2.64. The van der Waals surface area contributed by atoms with E-state index in [2.05, 4.69) is 16.0 Å².